The molecule has 1 fully saturated rings. The maximum Gasteiger partial charge on any atom is 0.306 e. The molecule has 1 aliphatic heterocycles. The number of rotatable bonds is 55. The van der Waals surface area contributed by atoms with Crippen molar-refractivity contribution >= 4 is 51.4 Å². The topological polar surface area (TPSA) is 225 Å². The molecule has 0 bridgehead atoms. The molecule has 1 saturated heterocycles. The minimum atomic E-state index is -0.730. The summed E-state index contributed by atoms with van der Waals surface area (Å²) in [6, 6.07) is 0. The third kappa shape index (κ3) is 43.1. The monoisotopic (exact) mass is 1220 g/mol. The summed E-state index contributed by atoms with van der Waals surface area (Å²) >= 11 is 0. The van der Waals surface area contributed by atoms with Crippen molar-refractivity contribution < 1.29 is 68.1 Å². The minimum absolute atomic E-state index is 0.0943. The van der Waals surface area contributed by atoms with Crippen LogP contribution in [0.3, 0.4) is 0 Å². The smallest absolute Gasteiger partial charge is 0.306 e. The van der Waals surface area contributed by atoms with Crippen molar-refractivity contribution in [2.75, 3.05) is 110 Å². The lowest BCUT2D eigenvalue weighted by molar-refractivity contribution is -0.150. The van der Waals surface area contributed by atoms with Crippen molar-refractivity contribution in [3.05, 3.63) is 0 Å². The number of aliphatic hydroxyl groups excluding tert-OH is 4. The number of ether oxygens (including phenoxy) is 5. The molecule has 488 valence electrons. The molecule has 0 aliphatic carbocycles. The Hall–Kier alpha value is -2.27. The van der Waals surface area contributed by atoms with Gasteiger partial charge in [-0.15, -0.1) is 0 Å². The second-order valence-corrected chi connectivity index (χ2v) is 25.7. The number of nitrogens with zero attached hydrogens (tertiary/aromatic N) is 4. The summed E-state index contributed by atoms with van der Waals surface area (Å²) in [6.07, 6.45) is 12.7. The zero-order chi connectivity index (χ0) is 61.5. The van der Waals surface area contributed by atoms with Crippen LogP contribution in [0.5, 0.6) is 0 Å². The van der Waals surface area contributed by atoms with Gasteiger partial charge in [-0.25, -0.2) is 0 Å². The number of piperazine rings is 1. The van der Waals surface area contributed by atoms with E-state index in [1.165, 1.54) is 0 Å². The number of unbranched alkanes of at least 4 members (excludes halogenated alkanes) is 2. The van der Waals surface area contributed by atoms with Gasteiger partial charge in [-0.2, -0.15) is 0 Å². The second kappa shape index (κ2) is 51.7. The van der Waals surface area contributed by atoms with E-state index >= 15 is 0 Å². The van der Waals surface area contributed by atoms with Crippen LogP contribution in [-0.4, -0.2) is 216 Å². The first-order valence-corrected chi connectivity index (χ1v) is 35.2. The molecule has 4 N–H and O–H groups in total. The maximum absolute atomic E-state index is 12.8. The molecule has 0 saturated carbocycles. The zero-order valence-corrected chi connectivity index (χ0v) is 54.9. The number of esters is 5. The summed E-state index contributed by atoms with van der Waals surface area (Å²) in [6.45, 7) is 25.6. The van der Waals surface area contributed by atoms with Crippen molar-refractivity contribution in [3.8, 4) is 0 Å². The van der Waals surface area contributed by atoms with Crippen LogP contribution in [0.4, 0.5) is 0 Å². The van der Waals surface area contributed by atoms with Gasteiger partial charge in [-0.3, -0.25) is 43.6 Å². The largest absolute Gasteiger partial charge is 0.465 e. The quantitative estimate of drug-likeness (QED) is 0.0192. The average molecular weight is 1220 g/mol. The van der Waals surface area contributed by atoms with Gasteiger partial charge in [0.15, 0.2) is 0 Å². The molecule has 20 heteroatoms. The van der Waals surface area contributed by atoms with Gasteiger partial charge >= 0.3 is 29.8 Å². The molecule has 0 aromatic carbocycles. The van der Waals surface area contributed by atoms with E-state index < -0.39 is 24.4 Å². The normalized spacial score (nSPS) is 14.9. The van der Waals surface area contributed by atoms with Gasteiger partial charge < -0.3 is 44.1 Å². The van der Waals surface area contributed by atoms with Crippen molar-refractivity contribution in [3.63, 3.8) is 0 Å². The van der Waals surface area contributed by atoms with E-state index in [2.05, 4.69) is 42.4 Å². The van der Waals surface area contributed by atoms with Gasteiger partial charge in [-0.05, 0) is 115 Å². The van der Waals surface area contributed by atoms with Crippen LogP contribution in [-0.2, 0) is 47.7 Å². The van der Waals surface area contributed by atoms with Crippen molar-refractivity contribution in [2.24, 2.45) is 11.8 Å². The predicted octanol–water partition coefficient (Wildman–Crippen LogP) is 9.63. The van der Waals surface area contributed by atoms with Gasteiger partial charge in [0.25, 0.3) is 0 Å². The average Bonchev–Trinajstić information content (AvgIpc) is 3.47. The molecule has 18 nitrogen and oxygen atoms in total. The Morgan fingerprint density at radius 3 is 1.17 bits per heavy atom. The molecule has 0 spiro atoms. The predicted molar refractivity (Wildman–Crippen MR) is 335 cm³/mol. The Balaban J connectivity index is 2.51. The number of hydrogen-bond acceptors (Lipinski definition) is 20. The highest BCUT2D eigenvalue weighted by Crippen LogP contribution is 2.23. The third-order valence-electron chi connectivity index (χ3n) is 16.0. The van der Waals surface area contributed by atoms with Gasteiger partial charge in [0, 0.05) is 109 Å². The minimum Gasteiger partial charge on any atom is -0.465 e. The van der Waals surface area contributed by atoms with E-state index in [9.17, 15) is 44.4 Å². The Labute approximate surface area is 511 Å². The van der Waals surface area contributed by atoms with E-state index in [0.717, 1.165) is 121 Å². The molecule has 0 amide bonds. The SMILES string of the molecule is CCC(CC)COC(=O)CCCCC(O)CN(CCCSSCCN1CCN(CCOC(=O)CCCN(CC(O)CCCC(=O)OC(CC)CC)CC(O)CCCC(=O)OC(CC)CC)CC1)CC(O)CCCCC(=O)OCC(CC)CC. The Bertz CT molecular complexity index is 1540. The zero-order valence-electron chi connectivity index (χ0n) is 53.3. The number of carbonyl (C=O) groups is 5. The van der Waals surface area contributed by atoms with Crippen LogP contribution in [0.1, 0.15) is 216 Å². The highest BCUT2D eigenvalue weighted by atomic mass is 33.1. The molecule has 0 aromatic heterocycles. The Morgan fingerprint density at radius 1 is 0.410 bits per heavy atom. The molecule has 0 radical (unpaired) electrons. The fourth-order valence-electron chi connectivity index (χ4n) is 10.0. The molecule has 0 aromatic rings. The molecule has 1 aliphatic rings. The van der Waals surface area contributed by atoms with Gasteiger partial charge in [0.1, 0.15) is 18.8 Å². The second-order valence-electron chi connectivity index (χ2n) is 23.0. The number of hydrogen-bond donors (Lipinski definition) is 4. The standard InChI is InChI=1S/C63H120N4O14S2/c1-9-51(10-2)49-78-60(73)29-19-17-25-53(68)45-67(46-54(69)26-18-20-30-61(74)79-50-52(11-3)12-4)35-24-43-82-83-44-41-65-38-36-64(37-39-65)40-42-77-59(72)33-23-34-66(47-55(70)27-21-31-62(75)80-57(13-5)14-6)48-56(71)28-22-32-63(76)81-58(15-7)16-8/h51-58,68-71H,9-50H2,1-8H3. The molecule has 83 heavy (non-hydrogen) atoms. The first kappa shape index (κ1) is 78.7. The molecule has 1 rings (SSSR count). The molecular weight excluding hydrogens is 1100 g/mol. The summed E-state index contributed by atoms with van der Waals surface area (Å²) in [7, 11) is 3.72. The molecular formula is C63H120N4O14S2. The van der Waals surface area contributed by atoms with Crippen molar-refractivity contribution in [1.29, 1.82) is 0 Å². The van der Waals surface area contributed by atoms with Gasteiger partial charge in [0.05, 0.1) is 37.6 Å². The number of carbonyl (C=O) groups excluding carboxylic acids is 5. The highest BCUT2D eigenvalue weighted by Gasteiger charge is 2.22. The van der Waals surface area contributed by atoms with Crippen molar-refractivity contribution in [2.45, 2.75) is 253 Å². The Morgan fingerprint density at radius 2 is 0.759 bits per heavy atom. The van der Waals surface area contributed by atoms with Crippen LogP contribution in [0.15, 0.2) is 0 Å². The lowest BCUT2D eigenvalue weighted by atomic mass is 10.1. The van der Waals surface area contributed by atoms with Crippen LogP contribution in [0.2, 0.25) is 0 Å². The molecule has 1 heterocycles. The Kier molecular flexibility index (Phi) is 49.1. The van der Waals surface area contributed by atoms with E-state index in [1.54, 1.807) is 0 Å². The maximum atomic E-state index is 12.8. The van der Waals surface area contributed by atoms with Crippen LogP contribution in [0.25, 0.3) is 0 Å². The lowest BCUT2D eigenvalue weighted by Gasteiger charge is -2.34. The third-order valence-corrected chi connectivity index (χ3v) is 18.5. The first-order chi connectivity index (χ1) is 40.0. The van der Waals surface area contributed by atoms with Gasteiger partial charge in [-0.1, -0.05) is 116 Å². The van der Waals surface area contributed by atoms with Crippen LogP contribution >= 0.6 is 21.6 Å². The molecule has 4 atom stereocenters. The fraction of sp³-hybridized carbons (Fsp3) is 0.921. The summed E-state index contributed by atoms with van der Waals surface area (Å²) in [5.41, 5.74) is 0. The van der Waals surface area contributed by atoms with Crippen LogP contribution in [0, 0.1) is 11.8 Å². The summed E-state index contributed by atoms with van der Waals surface area (Å²) in [5.74, 6) is 1.59. The van der Waals surface area contributed by atoms with E-state index in [4.69, 9.17) is 23.7 Å². The summed E-state index contributed by atoms with van der Waals surface area (Å²) in [4.78, 5) is 71.0. The van der Waals surface area contributed by atoms with Gasteiger partial charge in [0.2, 0.25) is 0 Å². The summed E-state index contributed by atoms with van der Waals surface area (Å²) in [5, 5.41) is 44.0. The fourth-order valence-corrected chi connectivity index (χ4v) is 12.1. The highest BCUT2D eigenvalue weighted by molar-refractivity contribution is 8.76. The number of aliphatic hydroxyl groups is 4. The first-order valence-electron chi connectivity index (χ1n) is 32.7. The van der Waals surface area contributed by atoms with E-state index in [1.807, 2.05) is 54.2 Å². The van der Waals surface area contributed by atoms with Crippen molar-refractivity contribution in [1.82, 2.24) is 19.6 Å². The van der Waals surface area contributed by atoms with Crippen LogP contribution < -0.4 is 0 Å². The molecule has 4 unspecified atom stereocenters. The lowest BCUT2D eigenvalue weighted by Crippen LogP contribution is -2.47. The van der Waals surface area contributed by atoms with E-state index in [0.29, 0.717) is 128 Å². The van der Waals surface area contributed by atoms with E-state index in [-0.39, 0.29) is 74.4 Å². The summed E-state index contributed by atoms with van der Waals surface area (Å²) < 4.78 is 27.6.